The molecule has 0 aromatic heterocycles. The molecule has 2 aromatic carbocycles. The third kappa shape index (κ3) is 3.82. The number of thioether (sulfide) groups is 1. The Morgan fingerprint density at radius 1 is 0.917 bits per heavy atom. The lowest BCUT2D eigenvalue weighted by molar-refractivity contribution is 0.0764. The van der Waals surface area contributed by atoms with Crippen molar-refractivity contribution in [2.75, 3.05) is 24.6 Å². The largest absolute Gasteiger partial charge is 0.338 e. The van der Waals surface area contributed by atoms with Crippen LogP contribution in [0.5, 0.6) is 0 Å². The summed E-state index contributed by atoms with van der Waals surface area (Å²) in [6, 6.07) is 13.8. The number of ketones is 1. The molecule has 3 nitrogen and oxygen atoms in total. The van der Waals surface area contributed by atoms with Crippen LogP contribution in [-0.2, 0) is 0 Å². The van der Waals surface area contributed by atoms with E-state index < -0.39 is 0 Å². The SMILES string of the molecule is O=C(c1ccc(Cl)cc1)c1ccccc1C(=O)N1CCCSCC1. The molecule has 0 atom stereocenters. The second-order valence-corrected chi connectivity index (χ2v) is 7.30. The Bertz CT molecular complexity index is 737. The molecule has 0 N–H and O–H groups in total. The average Bonchev–Trinajstić information content (AvgIpc) is 2.90. The van der Waals surface area contributed by atoms with Gasteiger partial charge in [-0.1, -0.05) is 29.8 Å². The monoisotopic (exact) mass is 359 g/mol. The number of halogens is 1. The molecule has 0 unspecified atom stereocenters. The summed E-state index contributed by atoms with van der Waals surface area (Å²) in [5.41, 5.74) is 1.46. The van der Waals surface area contributed by atoms with E-state index in [-0.39, 0.29) is 11.7 Å². The van der Waals surface area contributed by atoms with Gasteiger partial charge < -0.3 is 4.90 Å². The first-order chi connectivity index (χ1) is 11.7. The van der Waals surface area contributed by atoms with Crippen LogP contribution in [0.2, 0.25) is 5.02 Å². The summed E-state index contributed by atoms with van der Waals surface area (Å²) in [6.45, 7) is 1.47. The van der Waals surface area contributed by atoms with Gasteiger partial charge >= 0.3 is 0 Å². The number of hydrogen-bond donors (Lipinski definition) is 0. The zero-order chi connectivity index (χ0) is 16.9. The maximum atomic E-state index is 12.9. The first kappa shape index (κ1) is 17.1. The molecule has 124 valence electrons. The lowest BCUT2D eigenvalue weighted by atomic mass is 9.97. The standard InChI is InChI=1S/C19H18ClNO2S/c20-15-8-6-14(7-9-15)18(22)16-4-1-2-5-17(16)19(23)21-10-3-12-24-13-11-21/h1-2,4-9H,3,10-13H2. The van der Waals surface area contributed by atoms with Crippen LogP contribution in [0, 0.1) is 0 Å². The minimum absolute atomic E-state index is 0.0598. The average molecular weight is 360 g/mol. The molecule has 1 aliphatic heterocycles. The van der Waals surface area contributed by atoms with Gasteiger partial charge in [-0.3, -0.25) is 9.59 Å². The molecule has 5 heteroatoms. The first-order valence-electron chi connectivity index (χ1n) is 7.93. The van der Waals surface area contributed by atoms with E-state index in [1.54, 1.807) is 48.5 Å². The van der Waals surface area contributed by atoms with Gasteiger partial charge in [0.05, 0.1) is 5.56 Å². The number of rotatable bonds is 3. The number of hydrogen-bond acceptors (Lipinski definition) is 3. The summed E-state index contributed by atoms with van der Waals surface area (Å²) in [7, 11) is 0. The quantitative estimate of drug-likeness (QED) is 0.772. The van der Waals surface area contributed by atoms with Crippen molar-refractivity contribution in [3.05, 3.63) is 70.2 Å². The fourth-order valence-corrected chi connectivity index (χ4v) is 3.76. The summed E-state index contributed by atoms with van der Waals surface area (Å²) < 4.78 is 0. The fraction of sp³-hybridized carbons (Fsp3) is 0.263. The Morgan fingerprint density at radius 3 is 2.38 bits per heavy atom. The number of benzene rings is 2. The number of carbonyl (C=O) groups excluding carboxylic acids is 2. The van der Waals surface area contributed by atoms with Gasteiger partial charge in [0.1, 0.15) is 0 Å². The highest BCUT2D eigenvalue weighted by atomic mass is 35.5. The van der Waals surface area contributed by atoms with E-state index in [9.17, 15) is 9.59 Å². The Hall–Kier alpha value is -1.78. The summed E-state index contributed by atoms with van der Waals surface area (Å²) >= 11 is 7.75. The predicted octanol–water partition coefficient (Wildman–Crippen LogP) is 4.15. The third-order valence-corrected chi connectivity index (χ3v) is 5.32. The van der Waals surface area contributed by atoms with Crippen molar-refractivity contribution in [2.45, 2.75) is 6.42 Å². The highest BCUT2D eigenvalue weighted by Crippen LogP contribution is 2.20. The molecule has 0 spiro atoms. The molecule has 0 saturated carbocycles. The Kier molecular flexibility index (Phi) is 5.59. The number of carbonyl (C=O) groups is 2. The van der Waals surface area contributed by atoms with Gasteiger partial charge in [-0.15, -0.1) is 0 Å². The van der Waals surface area contributed by atoms with E-state index in [2.05, 4.69) is 0 Å². The van der Waals surface area contributed by atoms with Gasteiger partial charge in [-0.2, -0.15) is 11.8 Å². The van der Waals surface area contributed by atoms with Crippen LogP contribution in [0.1, 0.15) is 32.7 Å². The minimum Gasteiger partial charge on any atom is -0.338 e. The molecule has 0 bridgehead atoms. The Morgan fingerprint density at radius 2 is 1.62 bits per heavy atom. The van der Waals surface area contributed by atoms with Crippen molar-refractivity contribution in [2.24, 2.45) is 0 Å². The van der Waals surface area contributed by atoms with Gasteiger partial charge in [-0.25, -0.2) is 0 Å². The van der Waals surface area contributed by atoms with Gasteiger partial charge in [0.2, 0.25) is 0 Å². The molecule has 3 rings (SSSR count). The van der Waals surface area contributed by atoms with Gasteiger partial charge in [0.25, 0.3) is 5.91 Å². The molecule has 1 fully saturated rings. The van der Waals surface area contributed by atoms with Crippen molar-refractivity contribution in [1.82, 2.24) is 4.90 Å². The number of nitrogens with zero attached hydrogens (tertiary/aromatic N) is 1. The first-order valence-corrected chi connectivity index (χ1v) is 9.46. The third-order valence-electron chi connectivity index (χ3n) is 4.02. The van der Waals surface area contributed by atoms with Crippen LogP contribution in [0.4, 0.5) is 0 Å². The van der Waals surface area contributed by atoms with Crippen LogP contribution >= 0.6 is 23.4 Å². The highest BCUT2D eigenvalue weighted by molar-refractivity contribution is 7.99. The Labute approximate surface area is 151 Å². The molecular weight excluding hydrogens is 342 g/mol. The van der Waals surface area contributed by atoms with Crippen molar-refractivity contribution in [3.8, 4) is 0 Å². The van der Waals surface area contributed by atoms with E-state index >= 15 is 0 Å². The fourth-order valence-electron chi connectivity index (χ4n) is 2.74. The van der Waals surface area contributed by atoms with E-state index in [4.69, 9.17) is 11.6 Å². The van der Waals surface area contributed by atoms with Crippen LogP contribution < -0.4 is 0 Å². The second kappa shape index (κ2) is 7.86. The van der Waals surface area contributed by atoms with Crippen LogP contribution in [0.25, 0.3) is 0 Å². The minimum atomic E-state index is -0.153. The second-order valence-electron chi connectivity index (χ2n) is 5.64. The molecular formula is C19H18ClNO2S. The lowest BCUT2D eigenvalue weighted by Crippen LogP contribution is -2.34. The van der Waals surface area contributed by atoms with E-state index in [1.165, 1.54) is 0 Å². The van der Waals surface area contributed by atoms with Crippen LogP contribution in [0.15, 0.2) is 48.5 Å². The summed E-state index contributed by atoms with van der Waals surface area (Å²) in [5.74, 6) is 1.81. The van der Waals surface area contributed by atoms with Crippen molar-refractivity contribution >= 4 is 35.1 Å². The maximum Gasteiger partial charge on any atom is 0.254 e. The van der Waals surface area contributed by atoms with Crippen molar-refractivity contribution in [3.63, 3.8) is 0 Å². The molecule has 1 amide bonds. The highest BCUT2D eigenvalue weighted by Gasteiger charge is 2.23. The molecule has 1 heterocycles. The summed E-state index contributed by atoms with van der Waals surface area (Å²) in [4.78, 5) is 27.6. The molecule has 24 heavy (non-hydrogen) atoms. The maximum absolute atomic E-state index is 12.9. The topological polar surface area (TPSA) is 37.4 Å². The molecule has 2 aromatic rings. The van der Waals surface area contributed by atoms with Crippen LogP contribution in [0.3, 0.4) is 0 Å². The summed E-state index contributed by atoms with van der Waals surface area (Å²) in [6.07, 6.45) is 0.990. The predicted molar refractivity (Wildman–Crippen MR) is 99.2 cm³/mol. The molecule has 1 saturated heterocycles. The van der Waals surface area contributed by atoms with E-state index in [0.717, 1.165) is 31.0 Å². The van der Waals surface area contributed by atoms with E-state index in [1.807, 2.05) is 16.7 Å². The van der Waals surface area contributed by atoms with Gasteiger partial charge in [0.15, 0.2) is 5.78 Å². The van der Waals surface area contributed by atoms with Crippen molar-refractivity contribution in [1.29, 1.82) is 0 Å². The lowest BCUT2D eigenvalue weighted by Gasteiger charge is -2.21. The van der Waals surface area contributed by atoms with Gasteiger partial charge in [-0.05, 0) is 42.5 Å². The van der Waals surface area contributed by atoms with E-state index in [0.29, 0.717) is 21.7 Å². The summed E-state index contributed by atoms with van der Waals surface area (Å²) in [5, 5.41) is 0.581. The van der Waals surface area contributed by atoms with Gasteiger partial charge in [0, 0.05) is 35.0 Å². The molecule has 0 aliphatic carbocycles. The smallest absolute Gasteiger partial charge is 0.254 e. The van der Waals surface area contributed by atoms with Crippen LogP contribution in [-0.4, -0.2) is 41.2 Å². The normalized spacial score (nSPS) is 15.0. The number of amides is 1. The van der Waals surface area contributed by atoms with Crippen molar-refractivity contribution < 1.29 is 9.59 Å². The zero-order valence-electron chi connectivity index (χ0n) is 13.2. The molecule has 1 aliphatic rings. The Balaban J connectivity index is 1.91. The molecule has 0 radical (unpaired) electrons. The zero-order valence-corrected chi connectivity index (χ0v) is 14.8.